The number of amides is 1. The number of piperidine rings is 1. The van der Waals surface area contributed by atoms with Gasteiger partial charge >= 0.3 is 5.69 Å². The number of imidazole rings is 1. The second-order valence-corrected chi connectivity index (χ2v) is 11.2. The quantitative estimate of drug-likeness (QED) is 0.240. The number of aromatic hydroxyl groups is 1. The Morgan fingerprint density at radius 3 is 2.63 bits per heavy atom. The highest BCUT2D eigenvalue weighted by molar-refractivity contribution is 5.81. The Kier molecular flexibility index (Phi) is 7.63. The lowest BCUT2D eigenvalue weighted by Crippen LogP contribution is -2.47. The number of nitrogens with one attached hydrogen (secondary N) is 1. The van der Waals surface area contributed by atoms with Crippen molar-refractivity contribution in [2.24, 2.45) is 22.4 Å². The summed E-state index contributed by atoms with van der Waals surface area (Å²) in [6.45, 7) is 1.65. The maximum absolute atomic E-state index is 14.0. The van der Waals surface area contributed by atoms with Crippen LogP contribution < -0.4 is 17.2 Å². The molecule has 2 aromatic rings. The number of nitrogens with zero attached hydrogens (tertiary/aromatic N) is 3. The molecule has 1 atom stereocenters. The Balaban J connectivity index is 1.35. The molecule has 1 amide bonds. The van der Waals surface area contributed by atoms with Crippen molar-refractivity contribution >= 4 is 17.9 Å². The number of fused-ring (bicyclic) bond motifs is 2. The molecule has 0 unspecified atom stereocenters. The van der Waals surface area contributed by atoms with Crippen molar-refractivity contribution in [3.63, 3.8) is 0 Å². The van der Waals surface area contributed by atoms with Gasteiger partial charge in [0.05, 0.1) is 5.69 Å². The predicted octanol–water partition coefficient (Wildman–Crippen LogP) is 3.19. The summed E-state index contributed by atoms with van der Waals surface area (Å²) < 4.78 is 1.31. The molecular formula is C29H40N6O3. The molecule has 1 aromatic carbocycles. The van der Waals surface area contributed by atoms with Gasteiger partial charge in [0.1, 0.15) is 6.04 Å². The fourth-order valence-electron chi connectivity index (χ4n) is 6.68. The first kappa shape index (κ1) is 26.1. The topological polar surface area (TPSA) is 143 Å². The van der Waals surface area contributed by atoms with Crippen molar-refractivity contribution in [2.75, 3.05) is 19.6 Å². The zero-order valence-electron chi connectivity index (χ0n) is 22.1. The van der Waals surface area contributed by atoms with Crippen molar-refractivity contribution in [3.05, 3.63) is 57.6 Å². The average Bonchev–Trinajstić information content (AvgIpc) is 3.42. The number of nitrogens with two attached hydrogens (primary N) is 2. The van der Waals surface area contributed by atoms with Gasteiger partial charge in [-0.25, -0.2) is 4.79 Å². The highest BCUT2D eigenvalue weighted by Crippen LogP contribution is 2.44. The van der Waals surface area contributed by atoms with Gasteiger partial charge in [0.25, 0.3) is 0 Å². The van der Waals surface area contributed by atoms with Gasteiger partial charge in [-0.3, -0.25) is 14.4 Å². The van der Waals surface area contributed by atoms with Gasteiger partial charge in [-0.1, -0.05) is 68.5 Å². The van der Waals surface area contributed by atoms with E-state index in [0.29, 0.717) is 50.5 Å². The number of carbonyl (C=O) groups excluding carboxylic acids is 1. The number of hydrogen-bond acceptors (Lipinski definition) is 4. The molecule has 1 saturated carbocycles. The van der Waals surface area contributed by atoms with E-state index in [1.54, 1.807) is 0 Å². The van der Waals surface area contributed by atoms with E-state index in [2.05, 4.69) is 46.4 Å². The second-order valence-electron chi connectivity index (χ2n) is 11.2. The third-order valence-electron chi connectivity index (χ3n) is 8.78. The van der Waals surface area contributed by atoms with E-state index < -0.39 is 11.7 Å². The van der Waals surface area contributed by atoms with Crippen molar-refractivity contribution in [1.29, 1.82) is 0 Å². The summed E-state index contributed by atoms with van der Waals surface area (Å²) in [6, 6.07) is 7.78. The Morgan fingerprint density at radius 2 is 1.89 bits per heavy atom. The molecule has 2 aliphatic carbocycles. The van der Waals surface area contributed by atoms with Gasteiger partial charge in [0, 0.05) is 25.0 Å². The van der Waals surface area contributed by atoms with Gasteiger partial charge in [-0.15, -0.1) is 0 Å². The molecule has 38 heavy (non-hydrogen) atoms. The summed E-state index contributed by atoms with van der Waals surface area (Å²) in [7, 11) is 0. The summed E-state index contributed by atoms with van der Waals surface area (Å²) in [5.41, 5.74) is 13.4. The molecule has 6 N–H and O–H groups in total. The Bertz CT molecular complexity index is 1260. The molecule has 9 nitrogen and oxygen atoms in total. The number of aryl methyl sites for hydroxylation is 1. The summed E-state index contributed by atoms with van der Waals surface area (Å²) >= 11 is 0. The SMILES string of the molecule is NC(N)=NCCCc1[nH]c(=O)n([C@H](CC2CCCCC2)C(=O)N2CCC3(C=Cc4ccccc43)CC2)c1O. The number of guanidine groups is 1. The summed E-state index contributed by atoms with van der Waals surface area (Å²) in [4.78, 5) is 35.8. The minimum absolute atomic E-state index is 0.0123. The first-order valence-corrected chi connectivity index (χ1v) is 14.0. The lowest BCUT2D eigenvalue weighted by Gasteiger charge is -2.41. The van der Waals surface area contributed by atoms with Crippen molar-refractivity contribution in [2.45, 2.75) is 75.7 Å². The summed E-state index contributed by atoms with van der Waals surface area (Å²) in [6.07, 6.45) is 13.4. The van der Waals surface area contributed by atoms with Crippen LogP contribution in [0.25, 0.3) is 6.08 Å². The van der Waals surface area contributed by atoms with Crippen molar-refractivity contribution < 1.29 is 9.90 Å². The number of hydrogen-bond donors (Lipinski definition) is 4. The number of likely N-dealkylation sites (tertiary alicyclic amines) is 1. The molecule has 0 radical (unpaired) electrons. The van der Waals surface area contributed by atoms with Gasteiger partial charge in [0.2, 0.25) is 11.8 Å². The van der Waals surface area contributed by atoms with Crippen molar-refractivity contribution in [3.8, 4) is 5.88 Å². The first-order valence-electron chi connectivity index (χ1n) is 14.0. The molecule has 204 valence electrons. The molecule has 0 bridgehead atoms. The highest BCUT2D eigenvalue weighted by Gasteiger charge is 2.41. The molecule has 3 aliphatic rings. The van der Waals surface area contributed by atoms with Crippen LogP contribution >= 0.6 is 0 Å². The number of H-pyrrole nitrogens is 1. The monoisotopic (exact) mass is 520 g/mol. The van der Waals surface area contributed by atoms with Crippen LogP contribution in [-0.4, -0.2) is 51.1 Å². The average molecular weight is 521 g/mol. The van der Waals surface area contributed by atoms with Crippen LogP contribution in [0.5, 0.6) is 5.88 Å². The van der Waals surface area contributed by atoms with Gasteiger partial charge in [0.15, 0.2) is 5.96 Å². The zero-order valence-corrected chi connectivity index (χ0v) is 22.1. The minimum Gasteiger partial charge on any atom is -0.493 e. The number of aromatic amines is 1. The first-order chi connectivity index (χ1) is 18.4. The Labute approximate surface area is 223 Å². The molecule has 5 rings (SSSR count). The van der Waals surface area contributed by atoms with Crippen LogP contribution in [0.2, 0.25) is 0 Å². The Morgan fingerprint density at radius 1 is 1.16 bits per heavy atom. The van der Waals surface area contributed by atoms with E-state index in [1.165, 1.54) is 22.1 Å². The van der Waals surface area contributed by atoms with E-state index in [-0.39, 0.29) is 23.2 Å². The lowest BCUT2D eigenvalue weighted by atomic mass is 9.74. The highest BCUT2D eigenvalue weighted by atomic mass is 16.3. The summed E-state index contributed by atoms with van der Waals surface area (Å²) in [5, 5.41) is 11.1. The fourth-order valence-corrected chi connectivity index (χ4v) is 6.68. The smallest absolute Gasteiger partial charge is 0.329 e. The van der Waals surface area contributed by atoms with E-state index in [4.69, 9.17) is 11.5 Å². The van der Waals surface area contributed by atoms with Crippen LogP contribution in [0.4, 0.5) is 0 Å². The van der Waals surface area contributed by atoms with Gasteiger partial charge in [-0.05, 0) is 49.1 Å². The summed E-state index contributed by atoms with van der Waals surface area (Å²) in [5.74, 6) is 0.169. The lowest BCUT2D eigenvalue weighted by molar-refractivity contribution is -0.137. The minimum atomic E-state index is -0.714. The van der Waals surface area contributed by atoms with E-state index in [0.717, 1.165) is 38.5 Å². The standard InChI is InChI=1S/C29H40N6O3/c30-27(31)32-16-6-11-23-25(36)35(28(38)33-23)24(19-20-7-2-1-3-8-20)26(37)34-17-14-29(15-18-34)13-12-21-9-4-5-10-22(21)29/h4-5,9-10,12-13,20,24,36H,1-3,6-8,11,14-19H2,(H,33,38)(H4,30,31,32)/t24-/m1/s1. The van der Waals surface area contributed by atoms with Crippen LogP contribution in [0.1, 0.15) is 80.7 Å². The molecule has 1 aromatic heterocycles. The third-order valence-corrected chi connectivity index (χ3v) is 8.78. The van der Waals surface area contributed by atoms with Crippen LogP contribution in [0.3, 0.4) is 0 Å². The number of aliphatic imine (C=N–C) groups is 1. The molecule has 1 spiro atoms. The normalized spacial score (nSPS) is 19.4. The Hall–Kier alpha value is -3.49. The van der Waals surface area contributed by atoms with E-state index >= 15 is 0 Å². The molecule has 1 saturated heterocycles. The maximum atomic E-state index is 14.0. The fraction of sp³-hybridized carbons (Fsp3) is 0.552. The molecule has 2 heterocycles. The third kappa shape index (κ3) is 5.24. The van der Waals surface area contributed by atoms with Crippen molar-refractivity contribution in [1.82, 2.24) is 14.5 Å². The van der Waals surface area contributed by atoms with Gasteiger partial charge < -0.3 is 26.5 Å². The number of rotatable bonds is 8. The van der Waals surface area contributed by atoms with E-state index in [9.17, 15) is 14.7 Å². The number of benzene rings is 1. The van der Waals surface area contributed by atoms with Crippen LogP contribution in [0.15, 0.2) is 40.1 Å². The molecular weight excluding hydrogens is 480 g/mol. The van der Waals surface area contributed by atoms with E-state index in [1.807, 2.05) is 4.90 Å². The molecule has 1 aliphatic heterocycles. The zero-order chi connectivity index (χ0) is 26.7. The second kappa shape index (κ2) is 11.1. The number of aromatic nitrogens is 2. The van der Waals surface area contributed by atoms with Crippen LogP contribution in [-0.2, 0) is 16.6 Å². The van der Waals surface area contributed by atoms with Crippen LogP contribution in [0, 0.1) is 5.92 Å². The molecule has 9 heteroatoms. The predicted molar refractivity (Wildman–Crippen MR) is 149 cm³/mol. The largest absolute Gasteiger partial charge is 0.493 e. The van der Waals surface area contributed by atoms with Gasteiger partial charge in [-0.2, -0.15) is 0 Å². The number of carbonyl (C=O) groups is 1. The maximum Gasteiger partial charge on any atom is 0.329 e. The number of allylic oxidation sites excluding steroid dienone is 1. The molecule has 2 fully saturated rings.